The molecule has 0 aliphatic carbocycles. The van der Waals surface area contributed by atoms with Crippen molar-refractivity contribution in [1.82, 2.24) is 14.8 Å². The van der Waals surface area contributed by atoms with Crippen molar-refractivity contribution in [3.05, 3.63) is 30.7 Å². The molecule has 0 N–H and O–H groups in total. The summed E-state index contributed by atoms with van der Waals surface area (Å²) in [5, 5.41) is 4.17. The zero-order valence-corrected chi connectivity index (χ0v) is 8.14. The first-order valence-corrected chi connectivity index (χ1v) is 4.29. The minimum atomic E-state index is 0.625. The van der Waals surface area contributed by atoms with Gasteiger partial charge in [-0.3, -0.25) is 9.67 Å². The Hall–Kier alpha value is -1.84. The van der Waals surface area contributed by atoms with Crippen LogP contribution >= 0.6 is 0 Å². The van der Waals surface area contributed by atoms with Crippen LogP contribution in [-0.2, 0) is 7.05 Å². The fraction of sp³-hybridized carbons (Fsp3) is 0.200. The van der Waals surface area contributed by atoms with E-state index in [4.69, 9.17) is 4.74 Å². The lowest BCUT2D eigenvalue weighted by molar-refractivity contribution is 0.393. The first-order chi connectivity index (χ1) is 6.81. The lowest BCUT2D eigenvalue weighted by Crippen LogP contribution is -1.89. The highest BCUT2D eigenvalue weighted by Crippen LogP contribution is 2.26. The molecule has 0 bridgehead atoms. The van der Waals surface area contributed by atoms with E-state index in [9.17, 15) is 0 Å². The van der Waals surface area contributed by atoms with E-state index in [2.05, 4.69) is 10.1 Å². The predicted octanol–water partition coefficient (Wildman–Crippen LogP) is 1.49. The summed E-state index contributed by atoms with van der Waals surface area (Å²) in [7, 11) is 3.48. The number of aromatic nitrogens is 3. The number of ether oxygens (including phenoxy) is 1. The van der Waals surface area contributed by atoms with Crippen LogP contribution in [0.15, 0.2) is 30.7 Å². The molecule has 0 unspecified atom stereocenters. The Balaban J connectivity index is 2.51. The van der Waals surface area contributed by atoms with Crippen molar-refractivity contribution in [2.45, 2.75) is 0 Å². The summed E-state index contributed by atoms with van der Waals surface area (Å²) in [4.78, 5) is 4.05. The third-order valence-electron chi connectivity index (χ3n) is 1.96. The molecule has 0 aliphatic heterocycles. The molecule has 2 aromatic rings. The van der Waals surface area contributed by atoms with E-state index in [1.54, 1.807) is 24.2 Å². The van der Waals surface area contributed by atoms with Gasteiger partial charge in [-0.1, -0.05) is 6.07 Å². The molecular formula is C10H11N3O. The summed E-state index contributed by atoms with van der Waals surface area (Å²) in [6, 6.07) is 3.87. The van der Waals surface area contributed by atoms with Crippen LogP contribution in [0.1, 0.15) is 0 Å². The Morgan fingerprint density at radius 1 is 1.43 bits per heavy atom. The molecule has 0 aliphatic rings. The van der Waals surface area contributed by atoms with Gasteiger partial charge >= 0.3 is 0 Å². The zero-order chi connectivity index (χ0) is 9.97. The van der Waals surface area contributed by atoms with Crippen molar-refractivity contribution >= 4 is 0 Å². The Kier molecular flexibility index (Phi) is 2.18. The van der Waals surface area contributed by atoms with Gasteiger partial charge in [0.05, 0.1) is 12.7 Å². The largest absolute Gasteiger partial charge is 0.479 e. The van der Waals surface area contributed by atoms with Crippen LogP contribution < -0.4 is 4.74 Å². The highest BCUT2D eigenvalue weighted by molar-refractivity contribution is 5.66. The van der Waals surface area contributed by atoms with E-state index < -0.39 is 0 Å². The van der Waals surface area contributed by atoms with Gasteiger partial charge in [-0.25, -0.2) is 0 Å². The molecule has 72 valence electrons. The van der Waals surface area contributed by atoms with Crippen LogP contribution in [-0.4, -0.2) is 21.9 Å². The predicted molar refractivity (Wildman–Crippen MR) is 53.0 cm³/mol. The maximum atomic E-state index is 5.16. The maximum Gasteiger partial charge on any atom is 0.240 e. The number of nitrogens with zero attached hydrogens (tertiary/aromatic N) is 3. The third kappa shape index (κ3) is 1.46. The molecular weight excluding hydrogens is 178 g/mol. The standard InChI is InChI=1S/C10H11N3O/c1-13-7-9(10(12-13)14-2)8-4-3-5-11-6-8/h3-7H,1-2H3. The van der Waals surface area contributed by atoms with E-state index in [0.717, 1.165) is 11.1 Å². The molecule has 14 heavy (non-hydrogen) atoms. The molecule has 0 fully saturated rings. The minimum Gasteiger partial charge on any atom is -0.479 e. The SMILES string of the molecule is COc1nn(C)cc1-c1cccnc1. The molecule has 0 saturated heterocycles. The molecule has 0 amide bonds. The maximum absolute atomic E-state index is 5.16. The van der Waals surface area contributed by atoms with Crippen molar-refractivity contribution in [1.29, 1.82) is 0 Å². The normalized spacial score (nSPS) is 10.1. The van der Waals surface area contributed by atoms with E-state index in [1.807, 2.05) is 25.4 Å². The van der Waals surface area contributed by atoms with Gasteiger partial charge in [-0.15, -0.1) is 5.10 Å². The zero-order valence-electron chi connectivity index (χ0n) is 8.14. The van der Waals surface area contributed by atoms with Crippen molar-refractivity contribution in [2.24, 2.45) is 7.05 Å². The first-order valence-electron chi connectivity index (χ1n) is 4.29. The molecule has 4 heteroatoms. The molecule has 2 rings (SSSR count). The van der Waals surface area contributed by atoms with Crippen molar-refractivity contribution in [2.75, 3.05) is 7.11 Å². The second kappa shape index (κ2) is 3.49. The molecule has 0 atom stereocenters. The van der Waals surface area contributed by atoms with Gasteiger partial charge < -0.3 is 4.74 Å². The van der Waals surface area contributed by atoms with Crippen molar-refractivity contribution < 1.29 is 4.74 Å². The fourth-order valence-electron chi connectivity index (χ4n) is 1.34. The van der Waals surface area contributed by atoms with Crippen LogP contribution in [0.5, 0.6) is 5.88 Å². The van der Waals surface area contributed by atoms with E-state index in [-0.39, 0.29) is 0 Å². The minimum absolute atomic E-state index is 0.625. The van der Waals surface area contributed by atoms with E-state index >= 15 is 0 Å². The highest BCUT2D eigenvalue weighted by Gasteiger charge is 2.09. The van der Waals surface area contributed by atoms with Gasteiger partial charge in [0.25, 0.3) is 0 Å². The van der Waals surface area contributed by atoms with Crippen LogP contribution in [0.3, 0.4) is 0 Å². The van der Waals surface area contributed by atoms with E-state index in [1.165, 1.54) is 0 Å². The lowest BCUT2D eigenvalue weighted by atomic mass is 10.1. The number of rotatable bonds is 2. The number of pyridine rings is 1. The molecule has 2 aromatic heterocycles. The molecule has 0 radical (unpaired) electrons. The Morgan fingerprint density at radius 2 is 2.29 bits per heavy atom. The van der Waals surface area contributed by atoms with Gasteiger partial charge in [-0.2, -0.15) is 0 Å². The summed E-state index contributed by atoms with van der Waals surface area (Å²) >= 11 is 0. The average Bonchev–Trinajstić information content (AvgIpc) is 2.61. The van der Waals surface area contributed by atoms with E-state index in [0.29, 0.717) is 5.88 Å². The first kappa shape index (κ1) is 8.74. The van der Waals surface area contributed by atoms with Crippen LogP contribution in [0.25, 0.3) is 11.1 Å². The molecule has 0 spiro atoms. The van der Waals surface area contributed by atoms with Gasteiger partial charge in [0.2, 0.25) is 5.88 Å². The summed E-state index contributed by atoms with van der Waals surface area (Å²) < 4.78 is 6.88. The summed E-state index contributed by atoms with van der Waals surface area (Å²) in [5.41, 5.74) is 1.97. The van der Waals surface area contributed by atoms with Crippen LogP contribution in [0.2, 0.25) is 0 Å². The third-order valence-corrected chi connectivity index (χ3v) is 1.96. The van der Waals surface area contributed by atoms with Gasteiger partial charge in [0.1, 0.15) is 0 Å². The number of hydrogen-bond acceptors (Lipinski definition) is 3. The van der Waals surface area contributed by atoms with Crippen LogP contribution in [0, 0.1) is 0 Å². The molecule has 0 aromatic carbocycles. The second-order valence-electron chi connectivity index (χ2n) is 2.97. The quantitative estimate of drug-likeness (QED) is 0.718. The molecule has 4 nitrogen and oxygen atoms in total. The van der Waals surface area contributed by atoms with Crippen molar-refractivity contribution in [3.63, 3.8) is 0 Å². The lowest BCUT2D eigenvalue weighted by Gasteiger charge is -1.98. The summed E-state index contributed by atoms with van der Waals surface area (Å²) in [6.07, 6.45) is 5.45. The van der Waals surface area contributed by atoms with Gasteiger partial charge in [0, 0.05) is 31.2 Å². The Morgan fingerprint density at radius 3 is 2.93 bits per heavy atom. The Bertz CT molecular complexity index is 422. The molecule has 2 heterocycles. The highest BCUT2D eigenvalue weighted by atomic mass is 16.5. The summed E-state index contributed by atoms with van der Waals surface area (Å²) in [5.74, 6) is 0.625. The van der Waals surface area contributed by atoms with Crippen LogP contribution in [0.4, 0.5) is 0 Å². The number of hydrogen-bond donors (Lipinski definition) is 0. The topological polar surface area (TPSA) is 39.9 Å². The molecule has 0 saturated carbocycles. The smallest absolute Gasteiger partial charge is 0.240 e. The summed E-state index contributed by atoms with van der Waals surface area (Å²) in [6.45, 7) is 0. The number of aryl methyl sites for hydroxylation is 1. The van der Waals surface area contributed by atoms with Gasteiger partial charge in [-0.05, 0) is 6.07 Å². The average molecular weight is 189 g/mol. The second-order valence-corrected chi connectivity index (χ2v) is 2.97. The fourth-order valence-corrected chi connectivity index (χ4v) is 1.34. The Labute approximate surface area is 82.2 Å². The monoisotopic (exact) mass is 189 g/mol. The van der Waals surface area contributed by atoms with Crippen molar-refractivity contribution in [3.8, 4) is 17.0 Å². The number of methoxy groups -OCH3 is 1. The van der Waals surface area contributed by atoms with Gasteiger partial charge in [0.15, 0.2) is 0 Å².